The molecule has 1 fully saturated rings. The zero-order chi connectivity index (χ0) is 15.6. The second kappa shape index (κ2) is 6.37. The first-order chi connectivity index (χ1) is 9.91. The Morgan fingerprint density at radius 1 is 1.24 bits per heavy atom. The molecule has 1 N–H and O–H groups in total. The lowest BCUT2D eigenvalue weighted by molar-refractivity contribution is 0.214. The SMILES string of the molecule is CCC1CN(S(=O)(=O)c2c(F)cccc2F)C(CC)CN1. The quantitative estimate of drug-likeness (QED) is 0.925. The molecule has 0 amide bonds. The smallest absolute Gasteiger partial charge is 0.249 e. The number of benzene rings is 1. The molecule has 7 heteroatoms. The Hall–Kier alpha value is -1.05. The molecule has 2 unspecified atom stereocenters. The normalized spacial score (nSPS) is 24.2. The van der Waals surface area contributed by atoms with Crippen LogP contribution < -0.4 is 5.32 Å². The minimum atomic E-state index is -4.18. The maximum Gasteiger partial charge on any atom is 0.249 e. The summed E-state index contributed by atoms with van der Waals surface area (Å²) in [5, 5.41) is 3.26. The van der Waals surface area contributed by atoms with Crippen LogP contribution in [0, 0.1) is 11.6 Å². The fraction of sp³-hybridized carbons (Fsp3) is 0.571. The lowest BCUT2D eigenvalue weighted by Crippen LogP contribution is -2.57. The monoisotopic (exact) mass is 318 g/mol. The van der Waals surface area contributed by atoms with Crippen LogP contribution in [-0.4, -0.2) is 37.9 Å². The highest BCUT2D eigenvalue weighted by Gasteiger charge is 2.38. The standard InChI is InChI=1S/C14H20F2N2O2S/c1-3-10-9-18(11(4-2)8-17-10)21(19,20)14-12(15)6-5-7-13(14)16/h5-7,10-11,17H,3-4,8-9H2,1-2H3. The fourth-order valence-electron chi connectivity index (χ4n) is 2.60. The molecular weight excluding hydrogens is 298 g/mol. The first kappa shape index (κ1) is 16.3. The van der Waals surface area contributed by atoms with Crippen LogP contribution in [0.25, 0.3) is 0 Å². The van der Waals surface area contributed by atoms with Crippen molar-refractivity contribution in [2.45, 2.75) is 43.7 Å². The van der Waals surface area contributed by atoms with E-state index in [1.807, 2.05) is 13.8 Å². The summed E-state index contributed by atoms with van der Waals surface area (Å²) in [5.41, 5.74) is 0. The molecule has 1 aliphatic rings. The predicted molar refractivity (Wildman–Crippen MR) is 76.4 cm³/mol. The molecule has 1 saturated heterocycles. The molecule has 2 rings (SSSR count). The number of hydrogen-bond donors (Lipinski definition) is 1. The van der Waals surface area contributed by atoms with Gasteiger partial charge in [0, 0.05) is 25.2 Å². The second-order valence-electron chi connectivity index (χ2n) is 5.20. The zero-order valence-corrected chi connectivity index (χ0v) is 13.0. The number of nitrogens with zero attached hydrogens (tertiary/aromatic N) is 1. The van der Waals surface area contributed by atoms with E-state index in [0.717, 1.165) is 24.6 Å². The Balaban J connectivity index is 2.45. The topological polar surface area (TPSA) is 49.4 Å². The Morgan fingerprint density at radius 3 is 2.38 bits per heavy atom. The van der Waals surface area contributed by atoms with E-state index < -0.39 is 26.6 Å². The van der Waals surface area contributed by atoms with Crippen molar-refractivity contribution in [2.24, 2.45) is 0 Å². The minimum absolute atomic E-state index is 0.00240. The van der Waals surface area contributed by atoms with Gasteiger partial charge in [-0.25, -0.2) is 17.2 Å². The lowest BCUT2D eigenvalue weighted by Gasteiger charge is -2.38. The van der Waals surface area contributed by atoms with Gasteiger partial charge in [0.05, 0.1) is 0 Å². The summed E-state index contributed by atoms with van der Waals surface area (Å²) >= 11 is 0. The predicted octanol–water partition coefficient (Wildman–Crippen LogP) is 2.12. The van der Waals surface area contributed by atoms with Gasteiger partial charge < -0.3 is 5.32 Å². The van der Waals surface area contributed by atoms with E-state index in [1.165, 1.54) is 4.31 Å². The fourth-order valence-corrected chi connectivity index (χ4v) is 4.45. The third-order valence-electron chi connectivity index (χ3n) is 3.90. The lowest BCUT2D eigenvalue weighted by atomic mass is 10.1. The van der Waals surface area contributed by atoms with Crippen molar-refractivity contribution in [1.82, 2.24) is 9.62 Å². The summed E-state index contributed by atoms with van der Waals surface area (Å²) in [6, 6.07) is 2.80. The van der Waals surface area contributed by atoms with Crippen molar-refractivity contribution >= 4 is 10.0 Å². The van der Waals surface area contributed by atoms with Gasteiger partial charge >= 0.3 is 0 Å². The highest BCUT2D eigenvalue weighted by molar-refractivity contribution is 7.89. The van der Waals surface area contributed by atoms with Crippen molar-refractivity contribution in [3.8, 4) is 0 Å². The highest BCUT2D eigenvalue weighted by atomic mass is 32.2. The molecule has 0 saturated carbocycles. The highest BCUT2D eigenvalue weighted by Crippen LogP contribution is 2.26. The van der Waals surface area contributed by atoms with E-state index in [9.17, 15) is 17.2 Å². The van der Waals surface area contributed by atoms with Crippen molar-refractivity contribution < 1.29 is 17.2 Å². The zero-order valence-electron chi connectivity index (χ0n) is 12.1. The molecule has 118 valence electrons. The van der Waals surface area contributed by atoms with Crippen molar-refractivity contribution in [2.75, 3.05) is 13.1 Å². The number of sulfonamides is 1. The van der Waals surface area contributed by atoms with Crippen LogP contribution in [0.1, 0.15) is 26.7 Å². The van der Waals surface area contributed by atoms with Gasteiger partial charge in [-0.2, -0.15) is 4.31 Å². The molecule has 1 heterocycles. The van der Waals surface area contributed by atoms with Crippen LogP contribution in [0.3, 0.4) is 0 Å². The molecule has 0 aromatic heterocycles. The van der Waals surface area contributed by atoms with E-state index in [-0.39, 0.29) is 18.6 Å². The number of halogens is 2. The first-order valence-electron chi connectivity index (χ1n) is 7.11. The Kier molecular flexibility index (Phi) is 4.95. The molecule has 0 radical (unpaired) electrons. The maximum atomic E-state index is 13.8. The molecule has 2 atom stereocenters. The van der Waals surface area contributed by atoms with Crippen molar-refractivity contribution in [3.63, 3.8) is 0 Å². The summed E-state index contributed by atoms with van der Waals surface area (Å²) in [6.07, 6.45) is 1.33. The van der Waals surface area contributed by atoms with Crippen LogP contribution >= 0.6 is 0 Å². The third-order valence-corrected chi connectivity index (χ3v) is 5.87. The van der Waals surface area contributed by atoms with Gasteiger partial charge in [0.2, 0.25) is 10.0 Å². The number of rotatable bonds is 4. The van der Waals surface area contributed by atoms with Gasteiger partial charge in [-0.1, -0.05) is 19.9 Å². The summed E-state index contributed by atoms with van der Waals surface area (Å²) in [7, 11) is -4.18. The number of piperazine rings is 1. The van der Waals surface area contributed by atoms with Gasteiger partial charge in [-0.05, 0) is 25.0 Å². The van der Waals surface area contributed by atoms with Gasteiger partial charge in [-0.15, -0.1) is 0 Å². The first-order valence-corrected chi connectivity index (χ1v) is 8.55. The number of nitrogens with one attached hydrogen (secondary N) is 1. The van der Waals surface area contributed by atoms with Gasteiger partial charge in [0.1, 0.15) is 11.6 Å². The van der Waals surface area contributed by atoms with Crippen molar-refractivity contribution in [1.29, 1.82) is 0 Å². The summed E-state index contributed by atoms with van der Waals surface area (Å²) in [6.45, 7) is 4.52. The molecule has 4 nitrogen and oxygen atoms in total. The molecule has 0 spiro atoms. The molecule has 1 aliphatic heterocycles. The van der Waals surface area contributed by atoms with Gasteiger partial charge in [0.25, 0.3) is 0 Å². The molecular formula is C14H20F2N2O2S. The van der Waals surface area contributed by atoms with Crippen LogP contribution in [0.4, 0.5) is 8.78 Å². The Morgan fingerprint density at radius 2 is 1.86 bits per heavy atom. The van der Waals surface area contributed by atoms with Crippen LogP contribution in [0.2, 0.25) is 0 Å². The van der Waals surface area contributed by atoms with Gasteiger partial charge in [-0.3, -0.25) is 0 Å². The van der Waals surface area contributed by atoms with Gasteiger partial charge in [0.15, 0.2) is 4.90 Å². The average molecular weight is 318 g/mol. The number of hydrogen-bond acceptors (Lipinski definition) is 3. The average Bonchev–Trinajstić information content (AvgIpc) is 2.46. The van der Waals surface area contributed by atoms with Crippen LogP contribution in [0.15, 0.2) is 23.1 Å². The molecule has 0 aliphatic carbocycles. The van der Waals surface area contributed by atoms with E-state index in [1.54, 1.807) is 0 Å². The molecule has 1 aromatic rings. The third kappa shape index (κ3) is 3.09. The van der Waals surface area contributed by atoms with E-state index >= 15 is 0 Å². The molecule has 1 aromatic carbocycles. The van der Waals surface area contributed by atoms with Crippen LogP contribution in [-0.2, 0) is 10.0 Å². The second-order valence-corrected chi connectivity index (χ2v) is 7.03. The van der Waals surface area contributed by atoms with E-state index in [4.69, 9.17) is 0 Å². The summed E-state index contributed by atoms with van der Waals surface area (Å²) < 4.78 is 54.3. The van der Waals surface area contributed by atoms with E-state index in [0.29, 0.717) is 13.0 Å². The minimum Gasteiger partial charge on any atom is -0.311 e. The summed E-state index contributed by atoms with van der Waals surface area (Å²) in [5.74, 6) is -2.09. The van der Waals surface area contributed by atoms with Crippen LogP contribution in [0.5, 0.6) is 0 Å². The largest absolute Gasteiger partial charge is 0.311 e. The van der Waals surface area contributed by atoms with Crippen molar-refractivity contribution in [3.05, 3.63) is 29.8 Å². The van der Waals surface area contributed by atoms with E-state index in [2.05, 4.69) is 5.32 Å². The molecule has 21 heavy (non-hydrogen) atoms. The molecule has 0 bridgehead atoms. The maximum absolute atomic E-state index is 13.8. The Bertz CT molecular complexity index is 587. The summed E-state index contributed by atoms with van der Waals surface area (Å²) in [4.78, 5) is -0.847. The Labute approximate surface area is 124 Å².